The standard InChI is InChI=1S/C14H23N3O3S/c1-5-16-21(19,20)13-8-6-12(7-9-13)14(18)15-10-11(2)17(3)4/h6-9,11,16H,5,10H2,1-4H3,(H,15,18). The van der Waals surface area contributed by atoms with Gasteiger partial charge in [-0.3, -0.25) is 4.79 Å². The SMILES string of the molecule is CCNS(=O)(=O)c1ccc(C(=O)NCC(C)N(C)C)cc1. The van der Waals surface area contributed by atoms with Crippen LogP contribution in [0.25, 0.3) is 0 Å². The van der Waals surface area contributed by atoms with Crippen molar-refractivity contribution >= 4 is 15.9 Å². The number of benzene rings is 1. The first kappa shape index (κ1) is 17.6. The number of hydrogen-bond donors (Lipinski definition) is 2. The summed E-state index contributed by atoms with van der Waals surface area (Å²) in [4.78, 5) is 14.1. The highest BCUT2D eigenvalue weighted by Crippen LogP contribution is 2.10. The lowest BCUT2D eigenvalue weighted by Crippen LogP contribution is -2.38. The number of nitrogens with zero attached hydrogens (tertiary/aromatic N) is 1. The summed E-state index contributed by atoms with van der Waals surface area (Å²) in [5.74, 6) is -0.212. The van der Waals surface area contributed by atoms with Crippen LogP contribution < -0.4 is 10.0 Å². The molecule has 0 aromatic heterocycles. The molecule has 21 heavy (non-hydrogen) atoms. The number of sulfonamides is 1. The molecule has 0 aliphatic heterocycles. The minimum absolute atomic E-state index is 0.155. The summed E-state index contributed by atoms with van der Waals surface area (Å²) >= 11 is 0. The predicted octanol–water partition coefficient (Wildman–Crippen LogP) is 0.665. The Morgan fingerprint density at radius 1 is 1.24 bits per heavy atom. The van der Waals surface area contributed by atoms with E-state index in [-0.39, 0.29) is 16.8 Å². The molecule has 0 aliphatic carbocycles. The zero-order valence-electron chi connectivity index (χ0n) is 12.9. The van der Waals surface area contributed by atoms with Crippen LogP contribution in [0.2, 0.25) is 0 Å². The average molecular weight is 313 g/mol. The van der Waals surface area contributed by atoms with Crippen molar-refractivity contribution in [2.45, 2.75) is 24.8 Å². The number of amides is 1. The van der Waals surface area contributed by atoms with Gasteiger partial charge in [0.25, 0.3) is 5.91 Å². The fourth-order valence-electron chi connectivity index (χ4n) is 1.58. The van der Waals surface area contributed by atoms with Crippen molar-refractivity contribution in [3.8, 4) is 0 Å². The molecule has 0 heterocycles. The molecule has 1 atom stereocenters. The molecular weight excluding hydrogens is 290 g/mol. The van der Waals surface area contributed by atoms with Crippen molar-refractivity contribution in [1.29, 1.82) is 0 Å². The highest BCUT2D eigenvalue weighted by Gasteiger charge is 2.14. The summed E-state index contributed by atoms with van der Waals surface area (Å²) in [6.45, 7) is 4.58. The molecule has 1 rings (SSSR count). The van der Waals surface area contributed by atoms with Crippen molar-refractivity contribution in [3.05, 3.63) is 29.8 Å². The Bertz CT molecular complexity index is 568. The second-order valence-corrected chi connectivity index (χ2v) is 6.82. The van der Waals surface area contributed by atoms with E-state index in [9.17, 15) is 13.2 Å². The normalized spacial score (nSPS) is 13.2. The average Bonchev–Trinajstić information content (AvgIpc) is 2.44. The quantitative estimate of drug-likeness (QED) is 0.775. The van der Waals surface area contributed by atoms with Gasteiger partial charge in [-0.1, -0.05) is 6.92 Å². The third kappa shape index (κ3) is 5.11. The predicted molar refractivity (Wildman–Crippen MR) is 82.8 cm³/mol. The second kappa shape index (κ2) is 7.53. The minimum atomic E-state index is -3.48. The zero-order chi connectivity index (χ0) is 16.0. The lowest BCUT2D eigenvalue weighted by Gasteiger charge is -2.19. The van der Waals surface area contributed by atoms with Crippen LogP contribution in [0.15, 0.2) is 29.2 Å². The Morgan fingerprint density at radius 3 is 2.29 bits per heavy atom. The number of carbonyl (C=O) groups excluding carboxylic acids is 1. The Hall–Kier alpha value is -1.44. The van der Waals surface area contributed by atoms with Gasteiger partial charge in [0.1, 0.15) is 0 Å². The summed E-state index contributed by atoms with van der Waals surface area (Å²) in [6.07, 6.45) is 0. The number of rotatable bonds is 7. The van der Waals surface area contributed by atoms with E-state index >= 15 is 0 Å². The fourth-order valence-corrected chi connectivity index (χ4v) is 2.62. The summed E-state index contributed by atoms with van der Waals surface area (Å²) in [6, 6.07) is 6.12. The molecule has 0 saturated heterocycles. The first-order valence-corrected chi connectivity index (χ1v) is 8.30. The number of carbonyl (C=O) groups is 1. The number of likely N-dealkylation sites (N-methyl/N-ethyl adjacent to an activating group) is 1. The Balaban J connectivity index is 2.72. The van der Waals surface area contributed by atoms with E-state index in [0.29, 0.717) is 18.7 Å². The smallest absolute Gasteiger partial charge is 0.251 e. The molecule has 1 aromatic carbocycles. The molecule has 6 nitrogen and oxygen atoms in total. The Kier molecular flexibility index (Phi) is 6.32. The Labute approximate surface area is 126 Å². The van der Waals surface area contributed by atoms with Crippen LogP contribution in [0.5, 0.6) is 0 Å². The summed E-state index contributed by atoms with van der Waals surface area (Å²) < 4.78 is 26.0. The first-order chi connectivity index (χ1) is 9.77. The summed E-state index contributed by atoms with van der Waals surface area (Å²) in [5.41, 5.74) is 0.441. The maximum Gasteiger partial charge on any atom is 0.251 e. The van der Waals surface area contributed by atoms with Crippen LogP contribution >= 0.6 is 0 Å². The monoisotopic (exact) mass is 313 g/mol. The Morgan fingerprint density at radius 2 is 1.81 bits per heavy atom. The van der Waals surface area contributed by atoms with Gasteiger partial charge < -0.3 is 10.2 Å². The maximum atomic E-state index is 12.0. The van der Waals surface area contributed by atoms with Gasteiger partial charge in [-0.15, -0.1) is 0 Å². The molecule has 1 amide bonds. The number of hydrogen-bond acceptors (Lipinski definition) is 4. The van der Waals surface area contributed by atoms with Crippen molar-refractivity contribution < 1.29 is 13.2 Å². The number of nitrogens with one attached hydrogen (secondary N) is 2. The maximum absolute atomic E-state index is 12.0. The van der Waals surface area contributed by atoms with E-state index in [4.69, 9.17) is 0 Å². The minimum Gasteiger partial charge on any atom is -0.350 e. The molecule has 7 heteroatoms. The topological polar surface area (TPSA) is 78.5 Å². The molecule has 118 valence electrons. The molecule has 0 aliphatic rings. The van der Waals surface area contributed by atoms with Crippen LogP contribution in [-0.2, 0) is 10.0 Å². The van der Waals surface area contributed by atoms with Crippen molar-refractivity contribution in [2.24, 2.45) is 0 Å². The van der Waals surface area contributed by atoms with Crippen LogP contribution in [0.1, 0.15) is 24.2 Å². The van der Waals surface area contributed by atoms with E-state index in [1.54, 1.807) is 6.92 Å². The highest BCUT2D eigenvalue weighted by atomic mass is 32.2. The van der Waals surface area contributed by atoms with Gasteiger partial charge >= 0.3 is 0 Å². The first-order valence-electron chi connectivity index (χ1n) is 6.82. The van der Waals surface area contributed by atoms with Crippen molar-refractivity contribution in [3.63, 3.8) is 0 Å². The van der Waals surface area contributed by atoms with Crippen LogP contribution in [0, 0.1) is 0 Å². The van der Waals surface area contributed by atoms with E-state index in [0.717, 1.165) is 0 Å². The largest absolute Gasteiger partial charge is 0.350 e. The van der Waals surface area contributed by atoms with Crippen molar-refractivity contribution in [1.82, 2.24) is 14.9 Å². The molecule has 0 bridgehead atoms. The third-order valence-corrected chi connectivity index (χ3v) is 4.76. The molecule has 0 saturated carbocycles. The van der Waals surface area contributed by atoms with Gasteiger partial charge in [0.2, 0.25) is 10.0 Å². The molecular formula is C14H23N3O3S. The van der Waals surface area contributed by atoms with Gasteiger partial charge in [-0.2, -0.15) is 0 Å². The summed E-state index contributed by atoms with van der Waals surface area (Å²) in [7, 11) is 0.405. The molecule has 2 N–H and O–H groups in total. The van der Waals surface area contributed by atoms with Gasteiger partial charge in [-0.05, 0) is 45.3 Å². The van der Waals surface area contributed by atoms with E-state index in [1.807, 2.05) is 25.9 Å². The molecule has 0 spiro atoms. The highest BCUT2D eigenvalue weighted by molar-refractivity contribution is 7.89. The zero-order valence-corrected chi connectivity index (χ0v) is 13.7. The van der Waals surface area contributed by atoms with Gasteiger partial charge in [0.05, 0.1) is 4.90 Å². The van der Waals surface area contributed by atoms with E-state index in [1.165, 1.54) is 24.3 Å². The lowest BCUT2D eigenvalue weighted by molar-refractivity contribution is 0.0943. The van der Waals surface area contributed by atoms with Crippen LogP contribution in [-0.4, -0.2) is 52.5 Å². The molecule has 1 unspecified atom stereocenters. The van der Waals surface area contributed by atoms with Gasteiger partial charge in [0.15, 0.2) is 0 Å². The van der Waals surface area contributed by atoms with Crippen LogP contribution in [0.4, 0.5) is 0 Å². The van der Waals surface area contributed by atoms with Crippen molar-refractivity contribution in [2.75, 3.05) is 27.2 Å². The molecule has 0 fully saturated rings. The summed E-state index contributed by atoms with van der Waals surface area (Å²) in [5, 5.41) is 2.82. The molecule has 1 aromatic rings. The molecule has 0 radical (unpaired) electrons. The van der Waals surface area contributed by atoms with Gasteiger partial charge in [0, 0.05) is 24.7 Å². The van der Waals surface area contributed by atoms with E-state index < -0.39 is 10.0 Å². The second-order valence-electron chi connectivity index (χ2n) is 5.05. The van der Waals surface area contributed by atoms with Crippen LogP contribution in [0.3, 0.4) is 0 Å². The lowest BCUT2D eigenvalue weighted by atomic mass is 10.2. The third-order valence-electron chi connectivity index (χ3n) is 3.20. The van der Waals surface area contributed by atoms with Gasteiger partial charge in [-0.25, -0.2) is 13.1 Å². The van der Waals surface area contributed by atoms with E-state index in [2.05, 4.69) is 10.0 Å². The fraction of sp³-hybridized carbons (Fsp3) is 0.500.